The predicted octanol–water partition coefficient (Wildman–Crippen LogP) is 3.10. The first-order chi connectivity index (χ1) is 10.6. The lowest BCUT2D eigenvalue weighted by molar-refractivity contribution is 0.166. The molecule has 0 aromatic heterocycles. The number of nitrogens with one attached hydrogen (secondary N) is 1. The molecule has 2 N–H and O–H groups in total. The summed E-state index contributed by atoms with van der Waals surface area (Å²) in [6.45, 7) is 5.76. The number of likely N-dealkylation sites (tertiary alicyclic amines) is 1. The van der Waals surface area contributed by atoms with Crippen molar-refractivity contribution in [2.75, 3.05) is 25.1 Å². The molecule has 5 nitrogen and oxygen atoms in total. The standard InChI is InChI=1S/C17H26N2O3/c1-13(2)9-11-22-16-7-5-14(6-8-16)18-17(21)19-10-3-4-15(19)12-20/h5-8,13,15,20H,3-4,9-12H2,1-2H3,(H,18,21)/t15-/m1/s1. The number of nitrogens with zero attached hydrogens (tertiary/aromatic N) is 1. The zero-order chi connectivity index (χ0) is 15.9. The molecule has 0 saturated carbocycles. The third-order valence-corrected chi connectivity index (χ3v) is 3.92. The fourth-order valence-electron chi connectivity index (χ4n) is 2.54. The highest BCUT2D eigenvalue weighted by Crippen LogP contribution is 2.20. The van der Waals surface area contributed by atoms with Gasteiger partial charge in [-0.1, -0.05) is 13.8 Å². The van der Waals surface area contributed by atoms with Crippen LogP contribution < -0.4 is 10.1 Å². The number of hydrogen-bond acceptors (Lipinski definition) is 3. The maximum Gasteiger partial charge on any atom is 0.322 e. The molecule has 0 unspecified atom stereocenters. The van der Waals surface area contributed by atoms with Crippen molar-refractivity contribution in [1.82, 2.24) is 4.90 Å². The van der Waals surface area contributed by atoms with Crippen molar-refractivity contribution in [2.45, 2.75) is 39.2 Å². The molecule has 1 saturated heterocycles. The van der Waals surface area contributed by atoms with Gasteiger partial charge in [-0.15, -0.1) is 0 Å². The van der Waals surface area contributed by atoms with Crippen LogP contribution in [0.2, 0.25) is 0 Å². The van der Waals surface area contributed by atoms with E-state index in [2.05, 4.69) is 19.2 Å². The molecule has 1 atom stereocenters. The monoisotopic (exact) mass is 306 g/mol. The predicted molar refractivity (Wildman–Crippen MR) is 87.2 cm³/mol. The van der Waals surface area contributed by atoms with Crippen molar-refractivity contribution in [1.29, 1.82) is 0 Å². The minimum absolute atomic E-state index is 0.0239. The fraction of sp³-hybridized carbons (Fsp3) is 0.588. The van der Waals surface area contributed by atoms with Crippen LogP contribution in [-0.4, -0.2) is 41.8 Å². The van der Waals surface area contributed by atoms with Crippen molar-refractivity contribution >= 4 is 11.7 Å². The van der Waals surface area contributed by atoms with E-state index in [1.807, 2.05) is 24.3 Å². The lowest BCUT2D eigenvalue weighted by Gasteiger charge is -2.23. The fourth-order valence-corrected chi connectivity index (χ4v) is 2.54. The van der Waals surface area contributed by atoms with Gasteiger partial charge in [0.25, 0.3) is 0 Å². The second kappa shape index (κ2) is 8.03. The van der Waals surface area contributed by atoms with Crippen LogP contribution in [0.15, 0.2) is 24.3 Å². The largest absolute Gasteiger partial charge is 0.494 e. The molecule has 1 aromatic rings. The minimum atomic E-state index is -0.148. The summed E-state index contributed by atoms with van der Waals surface area (Å²) in [5.74, 6) is 1.44. The summed E-state index contributed by atoms with van der Waals surface area (Å²) >= 11 is 0. The van der Waals surface area contributed by atoms with Crippen molar-refractivity contribution in [3.8, 4) is 5.75 Å². The Labute approximate surface area is 132 Å². The zero-order valence-electron chi connectivity index (χ0n) is 13.4. The summed E-state index contributed by atoms with van der Waals surface area (Å²) in [6, 6.07) is 7.20. The SMILES string of the molecule is CC(C)CCOc1ccc(NC(=O)N2CCC[C@@H]2CO)cc1. The van der Waals surface area contributed by atoms with Gasteiger partial charge in [0.05, 0.1) is 19.3 Å². The summed E-state index contributed by atoms with van der Waals surface area (Å²) in [5.41, 5.74) is 0.741. The van der Waals surface area contributed by atoms with Gasteiger partial charge >= 0.3 is 6.03 Å². The number of carbonyl (C=O) groups excluding carboxylic acids is 1. The Bertz CT molecular complexity index is 473. The number of rotatable bonds is 6. The molecule has 1 heterocycles. The van der Waals surface area contributed by atoms with E-state index in [-0.39, 0.29) is 18.7 Å². The molecular formula is C17H26N2O3. The van der Waals surface area contributed by atoms with Crippen molar-refractivity contribution in [2.24, 2.45) is 5.92 Å². The minimum Gasteiger partial charge on any atom is -0.494 e. The Morgan fingerprint density at radius 3 is 2.77 bits per heavy atom. The molecule has 1 aromatic carbocycles. The smallest absolute Gasteiger partial charge is 0.322 e. The first-order valence-corrected chi connectivity index (χ1v) is 8.01. The van der Waals surface area contributed by atoms with Gasteiger partial charge in [0.15, 0.2) is 0 Å². The molecule has 0 bridgehead atoms. The Balaban J connectivity index is 1.84. The number of urea groups is 1. The second-order valence-electron chi connectivity index (χ2n) is 6.16. The van der Waals surface area contributed by atoms with E-state index in [9.17, 15) is 9.90 Å². The number of anilines is 1. The molecule has 5 heteroatoms. The number of amides is 2. The highest BCUT2D eigenvalue weighted by atomic mass is 16.5. The van der Waals surface area contributed by atoms with Crippen molar-refractivity contribution in [3.05, 3.63) is 24.3 Å². The van der Waals surface area contributed by atoms with Crippen LogP contribution in [0.5, 0.6) is 5.75 Å². The Morgan fingerprint density at radius 1 is 1.41 bits per heavy atom. The summed E-state index contributed by atoms with van der Waals surface area (Å²) in [7, 11) is 0. The van der Waals surface area contributed by atoms with Gasteiger partial charge in [-0.05, 0) is 49.4 Å². The number of benzene rings is 1. The number of aliphatic hydroxyl groups is 1. The van der Waals surface area contributed by atoms with E-state index in [0.29, 0.717) is 19.1 Å². The molecule has 0 aliphatic carbocycles. The van der Waals surface area contributed by atoms with Crippen LogP contribution in [0, 0.1) is 5.92 Å². The van der Waals surface area contributed by atoms with E-state index in [1.54, 1.807) is 4.90 Å². The molecule has 2 rings (SSSR count). The maximum absolute atomic E-state index is 12.2. The van der Waals surface area contributed by atoms with Crippen molar-refractivity contribution in [3.63, 3.8) is 0 Å². The number of hydrogen-bond donors (Lipinski definition) is 2. The second-order valence-corrected chi connectivity index (χ2v) is 6.16. The zero-order valence-corrected chi connectivity index (χ0v) is 13.4. The summed E-state index contributed by atoms with van der Waals surface area (Å²) < 4.78 is 5.65. The Hall–Kier alpha value is -1.75. The Morgan fingerprint density at radius 2 is 2.14 bits per heavy atom. The van der Waals surface area contributed by atoms with Gasteiger partial charge < -0.3 is 20.1 Å². The van der Waals surface area contributed by atoms with Gasteiger partial charge in [0.2, 0.25) is 0 Å². The van der Waals surface area contributed by atoms with Gasteiger partial charge in [-0.25, -0.2) is 4.79 Å². The lowest BCUT2D eigenvalue weighted by atomic mass is 10.1. The number of aliphatic hydroxyl groups excluding tert-OH is 1. The van der Waals surface area contributed by atoms with Gasteiger partial charge in [-0.3, -0.25) is 0 Å². The molecule has 1 aliphatic heterocycles. The van der Waals surface area contributed by atoms with Gasteiger partial charge in [0.1, 0.15) is 5.75 Å². The quantitative estimate of drug-likeness (QED) is 0.849. The summed E-state index contributed by atoms with van der Waals surface area (Å²) in [6.07, 6.45) is 2.84. The van der Waals surface area contributed by atoms with E-state index in [4.69, 9.17) is 4.74 Å². The van der Waals surface area contributed by atoms with Gasteiger partial charge in [-0.2, -0.15) is 0 Å². The van der Waals surface area contributed by atoms with E-state index < -0.39 is 0 Å². The summed E-state index contributed by atoms with van der Waals surface area (Å²) in [4.78, 5) is 13.9. The van der Waals surface area contributed by atoms with Gasteiger partial charge in [0, 0.05) is 12.2 Å². The van der Waals surface area contributed by atoms with Crippen LogP contribution in [0.4, 0.5) is 10.5 Å². The normalized spacial score (nSPS) is 17.8. The highest BCUT2D eigenvalue weighted by Gasteiger charge is 2.27. The van der Waals surface area contributed by atoms with E-state index in [1.165, 1.54) is 0 Å². The molecule has 0 radical (unpaired) electrons. The molecule has 122 valence electrons. The number of carbonyl (C=O) groups is 1. The first-order valence-electron chi connectivity index (χ1n) is 8.01. The lowest BCUT2D eigenvalue weighted by Crippen LogP contribution is -2.40. The average molecular weight is 306 g/mol. The molecular weight excluding hydrogens is 280 g/mol. The van der Waals surface area contributed by atoms with Crippen LogP contribution in [-0.2, 0) is 0 Å². The maximum atomic E-state index is 12.2. The molecule has 0 spiro atoms. The average Bonchev–Trinajstić information content (AvgIpc) is 2.97. The van der Waals surface area contributed by atoms with E-state index >= 15 is 0 Å². The highest BCUT2D eigenvalue weighted by molar-refractivity contribution is 5.89. The van der Waals surface area contributed by atoms with Crippen LogP contribution >= 0.6 is 0 Å². The Kier molecular flexibility index (Phi) is 6.07. The molecule has 22 heavy (non-hydrogen) atoms. The molecule has 1 fully saturated rings. The molecule has 1 aliphatic rings. The van der Waals surface area contributed by atoms with Crippen LogP contribution in [0.25, 0.3) is 0 Å². The number of ether oxygens (including phenoxy) is 1. The third kappa shape index (κ3) is 4.63. The summed E-state index contributed by atoms with van der Waals surface area (Å²) in [5, 5.41) is 12.1. The third-order valence-electron chi connectivity index (χ3n) is 3.92. The van der Waals surface area contributed by atoms with Crippen molar-refractivity contribution < 1.29 is 14.6 Å². The molecule has 2 amide bonds. The van der Waals surface area contributed by atoms with Crippen LogP contribution in [0.1, 0.15) is 33.1 Å². The van der Waals surface area contributed by atoms with Crippen LogP contribution in [0.3, 0.4) is 0 Å². The van der Waals surface area contributed by atoms with E-state index in [0.717, 1.165) is 30.7 Å². The first kappa shape index (κ1) is 16.6. The topological polar surface area (TPSA) is 61.8 Å².